The van der Waals surface area contributed by atoms with Crippen LogP contribution < -0.4 is 0 Å². The molecule has 0 aromatic carbocycles. The van der Waals surface area contributed by atoms with Gasteiger partial charge in [-0.1, -0.05) is 26.3 Å². The molecule has 122 valence electrons. The maximum absolute atomic E-state index is 11.9. The van der Waals surface area contributed by atoms with Crippen molar-refractivity contribution in [2.45, 2.75) is 71.8 Å². The number of aliphatic hydroxyl groups excluding tert-OH is 1. The van der Waals surface area contributed by atoms with Crippen LogP contribution in [0.2, 0.25) is 0 Å². The van der Waals surface area contributed by atoms with Crippen LogP contribution in [0.4, 0.5) is 0 Å². The van der Waals surface area contributed by atoms with Gasteiger partial charge in [-0.2, -0.15) is 0 Å². The van der Waals surface area contributed by atoms with E-state index in [9.17, 15) is 9.90 Å². The Hall–Kier alpha value is -0.630. The van der Waals surface area contributed by atoms with Crippen molar-refractivity contribution < 1.29 is 9.90 Å². The van der Waals surface area contributed by atoms with Crippen molar-refractivity contribution in [2.24, 2.45) is 34.5 Å². The molecule has 0 amide bonds. The molecular weight excluding hydrogens is 272 g/mol. The summed E-state index contributed by atoms with van der Waals surface area (Å²) in [7, 11) is 0. The van der Waals surface area contributed by atoms with E-state index in [4.69, 9.17) is 0 Å². The number of carbonyl (C=O) groups excluding carboxylic acids is 1. The fourth-order valence-electron chi connectivity index (χ4n) is 6.96. The lowest BCUT2D eigenvalue weighted by Gasteiger charge is -2.59. The number of fused-ring (bicyclic) bond motifs is 5. The summed E-state index contributed by atoms with van der Waals surface area (Å²) in [5, 5.41) is 10.5. The Balaban J connectivity index is 1.73. The van der Waals surface area contributed by atoms with E-state index in [1.807, 2.05) is 6.08 Å². The molecule has 2 unspecified atom stereocenters. The Labute approximate surface area is 134 Å². The molecule has 0 aromatic rings. The number of ketones is 1. The number of hydrogen-bond donors (Lipinski definition) is 1. The zero-order chi connectivity index (χ0) is 15.7. The lowest BCUT2D eigenvalue weighted by atomic mass is 9.45. The van der Waals surface area contributed by atoms with Crippen molar-refractivity contribution in [1.29, 1.82) is 0 Å². The minimum absolute atomic E-state index is 0.0913. The van der Waals surface area contributed by atoms with Gasteiger partial charge in [0.2, 0.25) is 0 Å². The maximum atomic E-state index is 11.9. The third-order valence-electron chi connectivity index (χ3n) is 8.23. The predicted molar refractivity (Wildman–Crippen MR) is 87.3 cm³/mol. The summed E-state index contributed by atoms with van der Waals surface area (Å²) in [6.07, 6.45) is 9.54. The van der Waals surface area contributed by atoms with Gasteiger partial charge in [0.05, 0.1) is 6.10 Å². The average Bonchev–Trinajstić information content (AvgIpc) is 2.77. The highest BCUT2D eigenvalue weighted by molar-refractivity contribution is 5.91. The molecule has 2 heteroatoms. The molecule has 3 saturated carbocycles. The van der Waals surface area contributed by atoms with Crippen LogP contribution in [0.1, 0.15) is 65.7 Å². The molecule has 3 fully saturated rings. The molecule has 0 spiro atoms. The molecule has 4 rings (SSSR count). The van der Waals surface area contributed by atoms with E-state index >= 15 is 0 Å². The Bertz CT molecular complexity index is 536. The molecule has 0 aromatic heterocycles. The van der Waals surface area contributed by atoms with E-state index in [1.165, 1.54) is 31.3 Å². The van der Waals surface area contributed by atoms with Crippen LogP contribution in [0, 0.1) is 34.5 Å². The Morgan fingerprint density at radius 2 is 1.91 bits per heavy atom. The van der Waals surface area contributed by atoms with Crippen molar-refractivity contribution >= 4 is 5.78 Å². The molecule has 7 atom stereocenters. The van der Waals surface area contributed by atoms with E-state index < -0.39 is 0 Å². The molecule has 0 radical (unpaired) electrons. The van der Waals surface area contributed by atoms with Crippen LogP contribution in [-0.4, -0.2) is 17.0 Å². The van der Waals surface area contributed by atoms with Gasteiger partial charge in [-0.15, -0.1) is 0 Å². The molecular formula is C20H30O2. The lowest BCUT2D eigenvalue weighted by molar-refractivity contribution is -0.118. The number of rotatable bonds is 0. The number of carbonyl (C=O) groups is 1. The first kappa shape index (κ1) is 14.9. The van der Waals surface area contributed by atoms with E-state index in [0.717, 1.165) is 31.1 Å². The van der Waals surface area contributed by atoms with Gasteiger partial charge in [0.15, 0.2) is 5.78 Å². The van der Waals surface area contributed by atoms with E-state index in [2.05, 4.69) is 20.8 Å². The molecule has 22 heavy (non-hydrogen) atoms. The first-order chi connectivity index (χ1) is 10.4. The molecule has 0 aliphatic heterocycles. The number of hydrogen-bond acceptors (Lipinski definition) is 2. The fraction of sp³-hybridized carbons (Fsp3) is 0.850. The van der Waals surface area contributed by atoms with Crippen LogP contribution >= 0.6 is 0 Å². The highest BCUT2D eigenvalue weighted by Crippen LogP contribution is 2.66. The summed E-state index contributed by atoms with van der Waals surface area (Å²) < 4.78 is 0. The van der Waals surface area contributed by atoms with Crippen molar-refractivity contribution in [3.63, 3.8) is 0 Å². The topological polar surface area (TPSA) is 37.3 Å². The summed E-state index contributed by atoms with van der Waals surface area (Å²) >= 11 is 0. The van der Waals surface area contributed by atoms with Gasteiger partial charge >= 0.3 is 0 Å². The van der Waals surface area contributed by atoms with Gasteiger partial charge in [-0.3, -0.25) is 4.79 Å². The van der Waals surface area contributed by atoms with Crippen LogP contribution in [-0.2, 0) is 4.79 Å². The van der Waals surface area contributed by atoms with Gasteiger partial charge in [0.1, 0.15) is 0 Å². The molecule has 0 saturated heterocycles. The monoisotopic (exact) mass is 302 g/mol. The summed E-state index contributed by atoms with van der Waals surface area (Å²) in [5.41, 5.74) is 1.85. The number of allylic oxidation sites excluding steroid dienone is 1. The van der Waals surface area contributed by atoms with Crippen molar-refractivity contribution in [3.05, 3.63) is 11.6 Å². The second kappa shape index (κ2) is 4.69. The molecule has 2 nitrogen and oxygen atoms in total. The van der Waals surface area contributed by atoms with Crippen molar-refractivity contribution in [3.8, 4) is 0 Å². The van der Waals surface area contributed by atoms with E-state index in [1.54, 1.807) is 0 Å². The highest BCUT2D eigenvalue weighted by Gasteiger charge is 2.59. The highest BCUT2D eigenvalue weighted by atomic mass is 16.3. The molecule has 0 heterocycles. The minimum Gasteiger partial charge on any atom is -0.393 e. The first-order valence-electron chi connectivity index (χ1n) is 9.29. The van der Waals surface area contributed by atoms with Crippen molar-refractivity contribution in [1.82, 2.24) is 0 Å². The Morgan fingerprint density at radius 3 is 2.68 bits per heavy atom. The summed E-state index contributed by atoms with van der Waals surface area (Å²) in [6, 6.07) is 0. The third kappa shape index (κ3) is 1.79. The van der Waals surface area contributed by atoms with Crippen LogP contribution in [0.25, 0.3) is 0 Å². The minimum atomic E-state index is -0.0913. The lowest BCUT2D eigenvalue weighted by Crippen LogP contribution is -2.52. The summed E-state index contributed by atoms with van der Waals surface area (Å²) in [6.45, 7) is 7.11. The standard InChI is InChI=1S/C20H30O2/c1-12-10-14-15-4-5-18(22)20(15,3)9-7-16(14)19(2)8-6-13(21)11-17(12)19/h11-12,14-16,18,22H,4-10H2,1-3H3/t12?,14-,15-,16+,18?,19+,20-/m0/s1. The predicted octanol–water partition coefficient (Wildman–Crippen LogP) is 4.13. The normalized spacial score (nSPS) is 54.3. The van der Waals surface area contributed by atoms with Crippen LogP contribution in [0.15, 0.2) is 11.6 Å². The Kier molecular flexibility index (Phi) is 3.18. The summed E-state index contributed by atoms with van der Waals surface area (Å²) in [4.78, 5) is 11.9. The van der Waals surface area contributed by atoms with Gasteiger partial charge < -0.3 is 5.11 Å². The van der Waals surface area contributed by atoms with Gasteiger partial charge in [-0.25, -0.2) is 0 Å². The first-order valence-corrected chi connectivity index (χ1v) is 9.29. The van der Waals surface area contributed by atoms with Crippen molar-refractivity contribution in [2.75, 3.05) is 0 Å². The Morgan fingerprint density at radius 1 is 1.14 bits per heavy atom. The SMILES string of the molecule is CC1C[C@@H]2[C@@H](CC[C@]3(C)C(O)CC[C@@H]23)[C@@]2(C)CCC(=O)C=C12. The largest absolute Gasteiger partial charge is 0.393 e. The molecule has 1 N–H and O–H groups in total. The zero-order valence-corrected chi connectivity index (χ0v) is 14.3. The van der Waals surface area contributed by atoms with Gasteiger partial charge in [-0.05, 0) is 79.1 Å². The van der Waals surface area contributed by atoms with Crippen LogP contribution in [0.5, 0.6) is 0 Å². The second-order valence-electron chi connectivity index (χ2n) is 9.13. The molecule has 4 aliphatic carbocycles. The van der Waals surface area contributed by atoms with E-state index in [-0.39, 0.29) is 16.9 Å². The van der Waals surface area contributed by atoms with Gasteiger partial charge in [0, 0.05) is 6.42 Å². The van der Waals surface area contributed by atoms with Crippen LogP contribution in [0.3, 0.4) is 0 Å². The second-order valence-corrected chi connectivity index (χ2v) is 9.13. The quantitative estimate of drug-likeness (QED) is 0.730. The van der Waals surface area contributed by atoms with Gasteiger partial charge in [0.25, 0.3) is 0 Å². The van der Waals surface area contributed by atoms with E-state index in [0.29, 0.717) is 17.6 Å². The molecule has 0 bridgehead atoms. The maximum Gasteiger partial charge on any atom is 0.155 e. The smallest absolute Gasteiger partial charge is 0.155 e. The molecule has 4 aliphatic rings. The average molecular weight is 302 g/mol. The third-order valence-corrected chi connectivity index (χ3v) is 8.23. The number of aliphatic hydroxyl groups is 1. The zero-order valence-electron chi connectivity index (χ0n) is 14.3. The summed E-state index contributed by atoms with van der Waals surface area (Å²) in [5.74, 6) is 3.05. The fourth-order valence-corrected chi connectivity index (χ4v) is 6.96.